The molecule has 0 aliphatic rings. The Morgan fingerprint density at radius 3 is 2.35 bits per heavy atom. The molecule has 158 valence electrons. The number of anilines is 1. The maximum Gasteiger partial charge on any atom is 0.412 e. The second-order valence-electron chi connectivity index (χ2n) is 7.69. The molecule has 0 aliphatic heterocycles. The summed E-state index contributed by atoms with van der Waals surface area (Å²) in [5, 5.41) is 26.0. The molecule has 0 heterocycles. The van der Waals surface area contributed by atoms with Crippen LogP contribution in [0.2, 0.25) is 0 Å². The minimum atomic E-state index is -0.590. The van der Waals surface area contributed by atoms with Crippen molar-refractivity contribution in [2.45, 2.75) is 19.4 Å². The van der Waals surface area contributed by atoms with Crippen LogP contribution in [0.3, 0.4) is 0 Å². The molecular formula is C26H25NO4. The van der Waals surface area contributed by atoms with E-state index in [-0.39, 0.29) is 18.3 Å². The van der Waals surface area contributed by atoms with E-state index in [2.05, 4.69) is 5.32 Å². The van der Waals surface area contributed by atoms with E-state index in [4.69, 9.17) is 4.74 Å². The van der Waals surface area contributed by atoms with E-state index >= 15 is 0 Å². The minimum absolute atomic E-state index is 0.0119. The molecule has 4 aromatic rings. The van der Waals surface area contributed by atoms with Gasteiger partial charge < -0.3 is 14.9 Å². The molecule has 0 unspecified atom stereocenters. The molecule has 1 amide bonds. The van der Waals surface area contributed by atoms with Crippen LogP contribution in [0.25, 0.3) is 21.5 Å². The zero-order chi connectivity index (χ0) is 21.8. The van der Waals surface area contributed by atoms with Gasteiger partial charge in [0.1, 0.15) is 11.9 Å². The highest BCUT2D eigenvalue weighted by atomic mass is 16.6. The van der Waals surface area contributed by atoms with Crippen molar-refractivity contribution in [1.29, 1.82) is 0 Å². The van der Waals surface area contributed by atoms with E-state index in [9.17, 15) is 15.0 Å². The van der Waals surface area contributed by atoms with Crippen molar-refractivity contribution in [3.05, 3.63) is 84.4 Å². The van der Waals surface area contributed by atoms with Gasteiger partial charge in [0.15, 0.2) is 0 Å². The molecule has 0 radical (unpaired) electrons. The molecule has 0 saturated heterocycles. The summed E-state index contributed by atoms with van der Waals surface area (Å²) < 4.78 is 5.91. The Morgan fingerprint density at radius 1 is 0.903 bits per heavy atom. The van der Waals surface area contributed by atoms with Crippen molar-refractivity contribution in [1.82, 2.24) is 0 Å². The summed E-state index contributed by atoms with van der Waals surface area (Å²) in [7, 11) is 0. The first-order valence-corrected chi connectivity index (χ1v) is 10.4. The lowest BCUT2D eigenvalue weighted by Crippen LogP contribution is -2.23. The van der Waals surface area contributed by atoms with Gasteiger partial charge in [-0.05, 0) is 35.2 Å². The van der Waals surface area contributed by atoms with Crippen LogP contribution in [-0.4, -0.2) is 22.9 Å². The lowest BCUT2D eigenvalue weighted by molar-refractivity contribution is 0.0677. The van der Waals surface area contributed by atoms with E-state index in [1.807, 2.05) is 73.7 Å². The predicted molar refractivity (Wildman–Crippen MR) is 123 cm³/mol. The largest absolute Gasteiger partial charge is 0.507 e. The number of rotatable bonds is 6. The quantitative estimate of drug-likeness (QED) is 0.360. The van der Waals surface area contributed by atoms with Crippen molar-refractivity contribution in [3.8, 4) is 5.75 Å². The van der Waals surface area contributed by atoms with Crippen LogP contribution in [-0.2, 0) is 4.74 Å². The first kappa shape index (κ1) is 20.7. The Hall–Kier alpha value is -3.57. The summed E-state index contributed by atoms with van der Waals surface area (Å²) in [4.78, 5) is 12.9. The monoisotopic (exact) mass is 415 g/mol. The molecule has 5 nitrogen and oxygen atoms in total. The zero-order valence-corrected chi connectivity index (χ0v) is 17.3. The van der Waals surface area contributed by atoms with Gasteiger partial charge in [-0.2, -0.15) is 0 Å². The van der Waals surface area contributed by atoms with Crippen LogP contribution in [0.1, 0.15) is 25.0 Å². The topological polar surface area (TPSA) is 78.8 Å². The normalized spacial score (nSPS) is 13.1. The second kappa shape index (κ2) is 9.06. The molecule has 4 aromatic carbocycles. The summed E-state index contributed by atoms with van der Waals surface area (Å²) in [6, 6.07) is 24.4. The van der Waals surface area contributed by atoms with E-state index in [1.54, 1.807) is 12.1 Å². The number of phenolic OH excluding ortho intramolecular Hbond substituents is 1. The molecular weight excluding hydrogens is 390 g/mol. The fraction of sp³-hybridized carbons (Fsp3) is 0.192. The number of benzene rings is 4. The zero-order valence-electron chi connectivity index (χ0n) is 17.3. The highest BCUT2D eigenvalue weighted by molar-refractivity contribution is 6.00. The lowest BCUT2D eigenvalue weighted by atomic mass is 9.90. The predicted octanol–water partition coefficient (Wildman–Crippen LogP) is 6.01. The Labute approximate surface area is 180 Å². The van der Waals surface area contributed by atoms with Gasteiger partial charge in [0.05, 0.1) is 5.69 Å². The van der Waals surface area contributed by atoms with E-state index in [0.29, 0.717) is 17.5 Å². The Bertz CT molecular complexity index is 1220. The number of aromatic hydroxyl groups is 1. The van der Waals surface area contributed by atoms with Crippen LogP contribution in [0.4, 0.5) is 10.5 Å². The molecule has 0 saturated carbocycles. The van der Waals surface area contributed by atoms with Crippen LogP contribution in [0, 0.1) is 5.92 Å². The van der Waals surface area contributed by atoms with Crippen molar-refractivity contribution >= 4 is 33.3 Å². The summed E-state index contributed by atoms with van der Waals surface area (Å²) in [6.45, 7) is 1.93. The smallest absolute Gasteiger partial charge is 0.412 e. The van der Waals surface area contributed by atoms with Crippen molar-refractivity contribution in [2.24, 2.45) is 5.92 Å². The number of hydrogen-bond acceptors (Lipinski definition) is 4. The number of carbonyl (C=O) groups excluding carboxylic acids is 1. The molecule has 2 atom stereocenters. The van der Waals surface area contributed by atoms with Crippen molar-refractivity contribution in [3.63, 3.8) is 0 Å². The van der Waals surface area contributed by atoms with Crippen LogP contribution < -0.4 is 5.32 Å². The van der Waals surface area contributed by atoms with E-state index < -0.39 is 12.2 Å². The third-order valence-electron chi connectivity index (χ3n) is 5.60. The number of phenols is 1. The highest BCUT2D eigenvalue weighted by Gasteiger charge is 2.26. The second-order valence-corrected chi connectivity index (χ2v) is 7.69. The van der Waals surface area contributed by atoms with Gasteiger partial charge in [-0.15, -0.1) is 0 Å². The molecule has 3 N–H and O–H groups in total. The molecule has 0 bridgehead atoms. The number of ether oxygens (including phenoxy) is 1. The van der Waals surface area contributed by atoms with Crippen molar-refractivity contribution < 1.29 is 19.7 Å². The van der Waals surface area contributed by atoms with Crippen LogP contribution in [0.15, 0.2) is 78.9 Å². The average molecular weight is 415 g/mol. The van der Waals surface area contributed by atoms with E-state index in [1.165, 1.54) is 0 Å². The van der Waals surface area contributed by atoms with Crippen molar-refractivity contribution in [2.75, 3.05) is 11.9 Å². The fourth-order valence-electron chi connectivity index (χ4n) is 3.98. The fourth-order valence-corrected chi connectivity index (χ4v) is 3.98. The van der Waals surface area contributed by atoms with Gasteiger partial charge in [-0.25, -0.2) is 4.79 Å². The summed E-state index contributed by atoms with van der Waals surface area (Å²) >= 11 is 0. The number of amides is 1. The molecule has 5 heteroatoms. The molecule has 0 aliphatic carbocycles. The average Bonchev–Trinajstić information content (AvgIpc) is 2.79. The molecule has 31 heavy (non-hydrogen) atoms. The number of nitrogens with one attached hydrogen (secondary N) is 1. The van der Waals surface area contributed by atoms with Gasteiger partial charge in [-0.3, -0.25) is 5.32 Å². The van der Waals surface area contributed by atoms with Gasteiger partial charge in [-0.1, -0.05) is 73.7 Å². The number of carbonyl (C=O) groups is 1. The van der Waals surface area contributed by atoms with Gasteiger partial charge in [0, 0.05) is 22.9 Å². The SMILES string of the molecule is C[C@@H](CCO)[C@H](OC(=O)Nc1cccc2ccccc12)c1ccc(O)c2ccccc12. The highest BCUT2D eigenvalue weighted by Crippen LogP contribution is 2.37. The number of aliphatic hydroxyl groups is 1. The van der Waals surface area contributed by atoms with Crippen LogP contribution in [0.5, 0.6) is 5.75 Å². The van der Waals surface area contributed by atoms with Gasteiger partial charge in [0.2, 0.25) is 0 Å². The maximum atomic E-state index is 12.9. The molecule has 4 rings (SSSR count). The van der Waals surface area contributed by atoms with Gasteiger partial charge in [0.25, 0.3) is 0 Å². The Morgan fingerprint density at radius 2 is 1.58 bits per heavy atom. The van der Waals surface area contributed by atoms with Gasteiger partial charge >= 0.3 is 6.09 Å². The molecule has 0 aromatic heterocycles. The molecule has 0 fully saturated rings. The van der Waals surface area contributed by atoms with Crippen LogP contribution >= 0.6 is 0 Å². The first-order chi connectivity index (χ1) is 15.1. The third-order valence-corrected chi connectivity index (χ3v) is 5.60. The van der Waals surface area contributed by atoms with E-state index in [0.717, 1.165) is 21.7 Å². The third kappa shape index (κ3) is 4.32. The summed E-state index contributed by atoms with van der Waals surface area (Å²) in [5.41, 5.74) is 1.47. The minimum Gasteiger partial charge on any atom is -0.507 e. The Balaban J connectivity index is 1.66. The maximum absolute atomic E-state index is 12.9. The lowest BCUT2D eigenvalue weighted by Gasteiger charge is -2.26. The number of hydrogen-bond donors (Lipinski definition) is 3. The number of aliphatic hydroxyl groups excluding tert-OH is 1. The first-order valence-electron chi connectivity index (χ1n) is 10.4. The summed E-state index contributed by atoms with van der Waals surface area (Å²) in [6.07, 6.45) is -0.683. The number of fused-ring (bicyclic) bond motifs is 2. The summed E-state index contributed by atoms with van der Waals surface area (Å²) in [5.74, 6) is 0.0457. The Kier molecular flexibility index (Phi) is 6.05. The molecule has 0 spiro atoms. The standard InChI is InChI=1S/C26H25NO4/c1-17(15-16-28)25(22-13-14-24(29)21-11-5-4-10-20(21)22)31-26(30)27-23-12-6-8-18-7-2-3-9-19(18)23/h2-14,17,25,28-29H,15-16H2,1H3,(H,27,30)/t17-,25-/m0/s1.